The maximum atomic E-state index is 13.8. The van der Waals surface area contributed by atoms with Gasteiger partial charge in [0.15, 0.2) is 16.6 Å². The highest BCUT2D eigenvalue weighted by atomic mass is 32.2. The first-order chi connectivity index (χ1) is 20.2. The molecule has 0 atom stereocenters. The van der Waals surface area contributed by atoms with Crippen molar-refractivity contribution in [3.05, 3.63) is 42.0 Å². The molecule has 5 rings (SSSR count). The summed E-state index contributed by atoms with van der Waals surface area (Å²) in [7, 11) is -3.80. The summed E-state index contributed by atoms with van der Waals surface area (Å²) in [4.78, 5) is 36.0. The first kappa shape index (κ1) is 30.0. The zero-order valence-corrected chi connectivity index (χ0v) is 25.6. The third-order valence-corrected chi connectivity index (χ3v) is 10.3. The Hall–Kier alpha value is -3.46. The van der Waals surface area contributed by atoms with Crippen LogP contribution in [0.4, 0.5) is 9.93 Å². The summed E-state index contributed by atoms with van der Waals surface area (Å²) in [6.45, 7) is 9.90. The summed E-state index contributed by atoms with van der Waals surface area (Å²) in [5.41, 5.74) is 1.07. The van der Waals surface area contributed by atoms with Crippen molar-refractivity contribution in [1.82, 2.24) is 19.1 Å². The van der Waals surface area contributed by atoms with Crippen molar-refractivity contribution in [1.29, 1.82) is 0 Å². The van der Waals surface area contributed by atoms with E-state index in [9.17, 15) is 18.0 Å². The average molecular weight is 618 g/mol. The Balaban J connectivity index is 1.35. The molecule has 42 heavy (non-hydrogen) atoms. The van der Waals surface area contributed by atoms with Gasteiger partial charge in [0.25, 0.3) is 5.91 Å². The van der Waals surface area contributed by atoms with Crippen LogP contribution in [0.25, 0.3) is 10.2 Å². The van der Waals surface area contributed by atoms with Gasteiger partial charge in [-0.25, -0.2) is 18.2 Å². The number of carbonyl (C=O) groups is 2. The molecular formula is C28H35N5O7S2. The van der Waals surface area contributed by atoms with Gasteiger partial charge in [-0.1, -0.05) is 25.2 Å². The number of carbonyl (C=O) groups excluding carboxylic acids is 2. The lowest BCUT2D eigenvalue weighted by Crippen LogP contribution is -2.50. The monoisotopic (exact) mass is 617 g/mol. The van der Waals surface area contributed by atoms with E-state index < -0.39 is 16.1 Å². The number of ether oxygens (including phenoxy) is 3. The van der Waals surface area contributed by atoms with Crippen LogP contribution in [0.15, 0.2) is 41.3 Å². The van der Waals surface area contributed by atoms with Crippen molar-refractivity contribution in [3.8, 4) is 11.5 Å². The molecule has 1 aromatic heterocycles. The SMILES string of the molecule is CCOC(=O)N1CCN(S(=O)(=O)c2ccc(C(=O)N(CCN(CC)CC)c3nc4cc5c(cc4s3)OCO5)cc2)CC1. The fourth-order valence-corrected chi connectivity index (χ4v) is 7.31. The van der Waals surface area contributed by atoms with E-state index in [1.807, 2.05) is 12.1 Å². The number of fused-ring (bicyclic) bond motifs is 2. The van der Waals surface area contributed by atoms with Crippen molar-refractivity contribution in [3.63, 3.8) is 0 Å². The minimum Gasteiger partial charge on any atom is -0.454 e. The molecule has 0 unspecified atom stereocenters. The number of aromatic nitrogens is 1. The lowest BCUT2D eigenvalue weighted by atomic mass is 10.2. The van der Waals surface area contributed by atoms with Gasteiger partial charge < -0.3 is 24.0 Å². The minimum absolute atomic E-state index is 0.0906. The van der Waals surface area contributed by atoms with Crippen LogP contribution in [-0.4, -0.2) is 105 Å². The average Bonchev–Trinajstić information content (AvgIpc) is 3.64. The molecule has 3 heterocycles. The molecule has 0 N–H and O–H groups in total. The summed E-state index contributed by atoms with van der Waals surface area (Å²) in [5, 5.41) is 0.544. The normalized spacial score (nSPS) is 15.4. The summed E-state index contributed by atoms with van der Waals surface area (Å²) in [6.07, 6.45) is -0.443. The second-order valence-electron chi connectivity index (χ2n) is 9.77. The highest BCUT2D eigenvalue weighted by Gasteiger charge is 2.31. The van der Waals surface area contributed by atoms with E-state index in [4.69, 9.17) is 19.2 Å². The second kappa shape index (κ2) is 12.8. The van der Waals surface area contributed by atoms with Crippen molar-refractivity contribution in [2.45, 2.75) is 25.7 Å². The second-order valence-corrected chi connectivity index (χ2v) is 12.7. The van der Waals surface area contributed by atoms with Gasteiger partial charge in [0.2, 0.25) is 16.8 Å². The number of hydrogen-bond acceptors (Lipinski definition) is 10. The van der Waals surface area contributed by atoms with Gasteiger partial charge in [-0.05, 0) is 44.3 Å². The highest BCUT2D eigenvalue weighted by Crippen LogP contribution is 2.40. The predicted molar refractivity (Wildman–Crippen MR) is 159 cm³/mol. The Bertz CT molecular complexity index is 1490. The molecule has 2 aliphatic rings. The molecule has 2 aliphatic heterocycles. The number of nitrogens with zero attached hydrogens (tertiary/aromatic N) is 5. The molecule has 12 nitrogen and oxygen atoms in total. The van der Waals surface area contributed by atoms with E-state index in [1.165, 1.54) is 44.8 Å². The molecule has 226 valence electrons. The molecule has 1 fully saturated rings. The number of benzene rings is 2. The largest absolute Gasteiger partial charge is 0.454 e. The number of hydrogen-bond donors (Lipinski definition) is 0. The molecule has 0 saturated carbocycles. The van der Waals surface area contributed by atoms with Crippen LogP contribution in [0.3, 0.4) is 0 Å². The number of anilines is 1. The number of piperazine rings is 1. The van der Waals surface area contributed by atoms with E-state index in [2.05, 4.69) is 18.7 Å². The molecule has 0 aliphatic carbocycles. The van der Waals surface area contributed by atoms with Gasteiger partial charge in [-0.3, -0.25) is 9.69 Å². The van der Waals surface area contributed by atoms with Crippen LogP contribution in [-0.2, 0) is 14.8 Å². The topological polar surface area (TPSA) is 122 Å². The smallest absolute Gasteiger partial charge is 0.409 e. The van der Waals surface area contributed by atoms with Crippen LogP contribution in [0.2, 0.25) is 0 Å². The van der Waals surface area contributed by atoms with Crippen molar-refractivity contribution in [2.75, 3.05) is 70.7 Å². The Morgan fingerprint density at radius 3 is 2.29 bits per heavy atom. The van der Waals surface area contributed by atoms with Gasteiger partial charge in [0.1, 0.15) is 0 Å². The molecular weight excluding hydrogens is 582 g/mol. The highest BCUT2D eigenvalue weighted by molar-refractivity contribution is 7.89. The van der Waals surface area contributed by atoms with Gasteiger partial charge >= 0.3 is 6.09 Å². The Kier molecular flexibility index (Phi) is 9.16. The van der Waals surface area contributed by atoms with Crippen LogP contribution >= 0.6 is 11.3 Å². The number of sulfonamides is 1. The number of likely N-dealkylation sites (N-methyl/N-ethyl adjacent to an activating group) is 1. The first-order valence-corrected chi connectivity index (χ1v) is 16.3. The molecule has 3 aromatic rings. The first-order valence-electron chi connectivity index (χ1n) is 14.0. The minimum atomic E-state index is -3.80. The molecule has 0 bridgehead atoms. The summed E-state index contributed by atoms with van der Waals surface area (Å²) >= 11 is 1.39. The van der Waals surface area contributed by atoms with Crippen LogP contribution < -0.4 is 14.4 Å². The van der Waals surface area contributed by atoms with Gasteiger partial charge in [-0.2, -0.15) is 4.31 Å². The fraction of sp³-hybridized carbons (Fsp3) is 0.464. The Morgan fingerprint density at radius 1 is 0.976 bits per heavy atom. The maximum absolute atomic E-state index is 13.8. The molecule has 0 spiro atoms. The molecule has 2 amide bonds. The molecule has 1 saturated heterocycles. The van der Waals surface area contributed by atoms with Crippen LogP contribution in [0, 0.1) is 0 Å². The van der Waals surface area contributed by atoms with Crippen LogP contribution in [0.5, 0.6) is 11.5 Å². The van der Waals surface area contributed by atoms with Gasteiger partial charge in [0, 0.05) is 57.0 Å². The number of rotatable bonds is 10. The summed E-state index contributed by atoms with van der Waals surface area (Å²) < 4.78 is 44.9. The van der Waals surface area contributed by atoms with E-state index in [-0.39, 0.29) is 50.4 Å². The zero-order valence-electron chi connectivity index (χ0n) is 23.9. The van der Waals surface area contributed by atoms with Crippen molar-refractivity contribution < 1.29 is 32.2 Å². The Labute approximate surface area is 249 Å². The number of amides is 2. The van der Waals surface area contributed by atoms with E-state index >= 15 is 0 Å². The Morgan fingerprint density at radius 2 is 1.64 bits per heavy atom. The van der Waals surface area contributed by atoms with Crippen molar-refractivity contribution >= 4 is 48.7 Å². The lowest BCUT2D eigenvalue weighted by Gasteiger charge is -2.33. The van der Waals surface area contributed by atoms with Gasteiger partial charge in [-0.15, -0.1) is 0 Å². The van der Waals surface area contributed by atoms with E-state index in [0.717, 1.165) is 17.8 Å². The lowest BCUT2D eigenvalue weighted by molar-refractivity contribution is 0.0933. The standard InChI is InChI=1S/C28H35N5O7S2/c1-4-30(5-2)11-16-33(27-29-22-17-23-24(40-19-39-23)18-25(22)41-27)26(34)20-7-9-21(10-8-20)42(36,37)32-14-12-31(13-15-32)28(35)38-6-3/h7-10,17-18H,4-6,11-16,19H2,1-3H3. The quantitative estimate of drug-likeness (QED) is 0.337. The van der Waals surface area contributed by atoms with Gasteiger partial charge in [0.05, 0.1) is 21.7 Å². The molecule has 2 aromatic carbocycles. The predicted octanol–water partition coefficient (Wildman–Crippen LogP) is 3.48. The third-order valence-electron chi connectivity index (χ3n) is 7.39. The molecule has 0 radical (unpaired) electrons. The zero-order chi connectivity index (χ0) is 29.9. The fourth-order valence-electron chi connectivity index (χ4n) is 4.89. The van der Waals surface area contributed by atoms with Crippen LogP contribution in [0.1, 0.15) is 31.1 Å². The maximum Gasteiger partial charge on any atom is 0.409 e. The van der Waals surface area contributed by atoms with E-state index in [1.54, 1.807) is 11.8 Å². The summed E-state index contributed by atoms with van der Waals surface area (Å²) in [6, 6.07) is 9.69. The van der Waals surface area contributed by atoms with Crippen molar-refractivity contribution in [2.24, 2.45) is 0 Å². The summed E-state index contributed by atoms with van der Waals surface area (Å²) in [5.74, 6) is 1.01. The third kappa shape index (κ3) is 6.16. The molecule has 14 heteroatoms. The number of thiazole rings is 1. The van der Waals surface area contributed by atoms with E-state index in [0.29, 0.717) is 40.8 Å².